The maximum Gasteiger partial charge on any atom is 0.416 e. The number of anilines is 2. The highest BCUT2D eigenvalue weighted by atomic mass is 35.5. The molecule has 7 heteroatoms. The second-order valence-electron chi connectivity index (χ2n) is 5.25. The summed E-state index contributed by atoms with van der Waals surface area (Å²) in [6.45, 7) is 1.99. The fourth-order valence-corrected chi connectivity index (χ4v) is 2.28. The van der Waals surface area contributed by atoms with E-state index in [0.29, 0.717) is 10.7 Å². The predicted molar refractivity (Wildman–Crippen MR) is 92.0 cm³/mol. The lowest BCUT2D eigenvalue weighted by molar-refractivity contribution is -0.137. The second-order valence-corrected chi connectivity index (χ2v) is 5.66. The van der Waals surface area contributed by atoms with Gasteiger partial charge in [-0.2, -0.15) is 13.2 Å². The van der Waals surface area contributed by atoms with Crippen LogP contribution in [-0.4, -0.2) is 13.0 Å². The first kappa shape index (κ1) is 18.1. The van der Waals surface area contributed by atoms with E-state index in [1.54, 1.807) is 6.07 Å². The van der Waals surface area contributed by atoms with Crippen molar-refractivity contribution in [2.75, 3.05) is 17.3 Å². The topological polar surface area (TPSA) is 39.1 Å². The van der Waals surface area contributed by atoms with Crippen LogP contribution in [0.2, 0.25) is 5.02 Å². The van der Waals surface area contributed by atoms with E-state index in [1.807, 2.05) is 19.1 Å². The first-order valence-corrected chi connectivity index (χ1v) is 7.65. The zero-order valence-electron chi connectivity index (χ0n) is 13.2. The summed E-state index contributed by atoms with van der Waals surface area (Å²) in [6, 6.07) is 10.2. The highest BCUT2D eigenvalue weighted by Crippen LogP contribution is 2.31. The lowest BCUT2D eigenvalue weighted by atomic mass is 10.1. The highest BCUT2D eigenvalue weighted by molar-refractivity contribution is 6.33. The summed E-state index contributed by atoms with van der Waals surface area (Å²) >= 11 is 6.11. The first-order chi connectivity index (χ1) is 11.2. The van der Waals surface area contributed by atoms with Crippen LogP contribution in [0.5, 0.6) is 0 Å². The van der Waals surface area contributed by atoms with Crippen molar-refractivity contribution in [3.05, 3.63) is 58.6 Å². The van der Waals surface area contributed by atoms with Gasteiger partial charge >= 0.3 is 6.18 Å². The molecule has 0 unspecified atom stereocenters. The van der Waals surface area contributed by atoms with E-state index < -0.39 is 11.7 Å². The van der Waals surface area contributed by atoms with Crippen LogP contribution in [0.3, 0.4) is 0 Å². The Morgan fingerprint density at radius 3 is 2.54 bits per heavy atom. The van der Waals surface area contributed by atoms with Crippen LogP contribution in [0, 0.1) is 5.41 Å². The van der Waals surface area contributed by atoms with Gasteiger partial charge in [-0.25, -0.2) is 0 Å². The van der Waals surface area contributed by atoms with Gasteiger partial charge in [-0.15, -0.1) is 0 Å². The fourth-order valence-electron chi connectivity index (χ4n) is 2.12. The van der Waals surface area contributed by atoms with Crippen LogP contribution < -0.4 is 10.2 Å². The van der Waals surface area contributed by atoms with Crippen molar-refractivity contribution < 1.29 is 13.2 Å². The minimum Gasteiger partial charge on any atom is -0.325 e. The molecule has 0 spiro atoms. The molecule has 0 heterocycles. The van der Waals surface area contributed by atoms with Gasteiger partial charge in [-0.3, -0.25) is 5.41 Å². The Morgan fingerprint density at radius 2 is 1.92 bits per heavy atom. The molecule has 0 radical (unpaired) electrons. The summed E-state index contributed by atoms with van der Waals surface area (Å²) in [4.78, 5) is 1.32. The van der Waals surface area contributed by atoms with E-state index in [2.05, 4.69) is 5.32 Å². The number of hydrogen-bond donors (Lipinski definition) is 2. The third-order valence-corrected chi connectivity index (χ3v) is 3.92. The molecule has 2 rings (SSSR count). The number of hydrogen-bond acceptors (Lipinski definition) is 1. The number of guanidine groups is 1. The average Bonchev–Trinajstić information content (AvgIpc) is 2.55. The Morgan fingerprint density at radius 1 is 1.21 bits per heavy atom. The van der Waals surface area contributed by atoms with E-state index >= 15 is 0 Å². The molecule has 128 valence electrons. The summed E-state index contributed by atoms with van der Waals surface area (Å²) in [5, 5.41) is 11.4. The molecule has 2 aromatic rings. The molecule has 0 saturated carbocycles. The van der Waals surface area contributed by atoms with Gasteiger partial charge in [0.25, 0.3) is 0 Å². The molecule has 0 amide bonds. The maximum absolute atomic E-state index is 12.8. The predicted octanol–water partition coefficient (Wildman–Crippen LogP) is 5.40. The van der Waals surface area contributed by atoms with Crippen molar-refractivity contribution in [3.8, 4) is 0 Å². The highest BCUT2D eigenvalue weighted by Gasteiger charge is 2.30. The molecule has 24 heavy (non-hydrogen) atoms. The normalized spacial score (nSPS) is 11.2. The molecule has 0 fully saturated rings. The molecule has 0 saturated heterocycles. The van der Waals surface area contributed by atoms with Crippen LogP contribution in [0.25, 0.3) is 0 Å². The molecule has 2 N–H and O–H groups in total. The number of benzene rings is 2. The number of halogens is 4. The van der Waals surface area contributed by atoms with Crippen molar-refractivity contribution in [1.29, 1.82) is 5.41 Å². The van der Waals surface area contributed by atoms with Gasteiger partial charge in [0, 0.05) is 12.7 Å². The zero-order chi connectivity index (χ0) is 17.9. The maximum atomic E-state index is 12.8. The molecule has 0 atom stereocenters. The summed E-state index contributed by atoms with van der Waals surface area (Å²) < 4.78 is 38.4. The van der Waals surface area contributed by atoms with E-state index in [0.717, 1.165) is 24.1 Å². The van der Waals surface area contributed by atoms with Crippen LogP contribution in [0.4, 0.5) is 24.5 Å². The Hall–Kier alpha value is -2.21. The van der Waals surface area contributed by atoms with Crippen molar-refractivity contribution in [1.82, 2.24) is 0 Å². The minimum absolute atomic E-state index is 0.0792. The number of aryl methyl sites for hydroxylation is 1. The molecule has 0 aliphatic rings. The van der Waals surface area contributed by atoms with Crippen molar-refractivity contribution in [2.45, 2.75) is 19.5 Å². The summed E-state index contributed by atoms with van der Waals surface area (Å²) in [6.07, 6.45) is -3.62. The smallest absolute Gasteiger partial charge is 0.325 e. The molecule has 0 aromatic heterocycles. The van der Waals surface area contributed by atoms with Gasteiger partial charge in [0.05, 0.1) is 16.3 Å². The Balaban J connectivity index is 2.21. The lowest BCUT2D eigenvalue weighted by Crippen LogP contribution is -2.32. The molecule has 0 bridgehead atoms. The van der Waals surface area contributed by atoms with Crippen molar-refractivity contribution >= 4 is 28.9 Å². The van der Waals surface area contributed by atoms with Crippen LogP contribution in [-0.2, 0) is 12.6 Å². The third-order valence-electron chi connectivity index (χ3n) is 3.59. The fraction of sp³-hybridized carbons (Fsp3) is 0.235. The van der Waals surface area contributed by atoms with E-state index in [9.17, 15) is 13.2 Å². The second kappa shape index (κ2) is 7.13. The standard InChI is InChI=1S/C17H17ClF3N3/c1-3-11-7-8-14(18)15(9-11)23-16(22)24(2)13-6-4-5-12(10-13)17(19,20)21/h4-10H,3H2,1-2H3,(H2,22,23). The number of nitrogens with zero attached hydrogens (tertiary/aromatic N) is 1. The van der Waals surface area contributed by atoms with Crippen LogP contribution >= 0.6 is 11.6 Å². The summed E-state index contributed by atoms with van der Waals surface area (Å²) in [5.74, 6) is -0.0792. The molecule has 0 aliphatic heterocycles. The van der Waals surface area contributed by atoms with E-state index in [1.165, 1.54) is 24.1 Å². The van der Waals surface area contributed by atoms with Crippen molar-refractivity contribution in [3.63, 3.8) is 0 Å². The van der Waals surface area contributed by atoms with Gasteiger partial charge in [0.2, 0.25) is 0 Å². The SMILES string of the molecule is CCc1ccc(Cl)c(NC(=N)N(C)c2cccc(C(F)(F)F)c2)c1. The monoisotopic (exact) mass is 355 g/mol. The number of rotatable bonds is 3. The Labute approximate surface area is 143 Å². The van der Waals surface area contributed by atoms with Crippen LogP contribution in [0.1, 0.15) is 18.1 Å². The van der Waals surface area contributed by atoms with Crippen LogP contribution in [0.15, 0.2) is 42.5 Å². The average molecular weight is 356 g/mol. The minimum atomic E-state index is -4.43. The lowest BCUT2D eigenvalue weighted by Gasteiger charge is -2.22. The Bertz CT molecular complexity index is 744. The molecule has 3 nitrogen and oxygen atoms in total. The number of alkyl halides is 3. The van der Waals surface area contributed by atoms with Gasteiger partial charge in [-0.05, 0) is 42.3 Å². The van der Waals surface area contributed by atoms with E-state index in [-0.39, 0.29) is 11.6 Å². The molecule has 2 aromatic carbocycles. The third kappa shape index (κ3) is 4.20. The number of nitrogens with one attached hydrogen (secondary N) is 2. The molecular formula is C17H17ClF3N3. The molecular weight excluding hydrogens is 339 g/mol. The Kier molecular flexibility index (Phi) is 5.39. The van der Waals surface area contributed by atoms with Gasteiger partial charge in [0.15, 0.2) is 5.96 Å². The first-order valence-electron chi connectivity index (χ1n) is 7.27. The van der Waals surface area contributed by atoms with E-state index in [4.69, 9.17) is 17.0 Å². The summed E-state index contributed by atoms with van der Waals surface area (Å²) in [5.41, 5.74) is 1.08. The van der Waals surface area contributed by atoms with Crippen molar-refractivity contribution in [2.24, 2.45) is 0 Å². The quantitative estimate of drug-likeness (QED) is 0.571. The van der Waals surface area contributed by atoms with Gasteiger partial charge < -0.3 is 10.2 Å². The van der Waals surface area contributed by atoms with Gasteiger partial charge in [-0.1, -0.05) is 30.7 Å². The molecule has 0 aliphatic carbocycles. The van der Waals surface area contributed by atoms with Gasteiger partial charge in [0.1, 0.15) is 0 Å². The largest absolute Gasteiger partial charge is 0.416 e. The summed E-state index contributed by atoms with van der Waals surface area (Å²) in [7, 11) is 1.52. The zero-order valence-corrected chi connectivity index (χ0v) is 14.0.